The van der Waals surface area contributed by atoms with Gasteiger partial charge in [0, 0.05) is 55.9 Å². The highest BCUT2D eigenvalue weighted by atomic mass is 28.3. The number of hydrogen-bond acceptors (Lipinski definition) is 7. The molecule has 3 aliphatic heterocycles. The van der Waals surface area contributed by atoms with Crippen molar-refractivity contribution < 1.29 is 28.2 Å². The number of pyridine rings is 1. The number of hydrogen-bond donors (Lipinski definition) is 1. The van der Waals surface area contributed by atoms with E-state index >= 15 is 0 Å². The number of morpholine rings is 1. The van der Waals surface area contributed by atoms with Crippen LogP contribution >= 0.6 is 0 Å². The molecule has 1 radical (unpaired) electrons. The smallest absolute Gasteiger partial charge is 0.407 e. The fraction of sp³-hybridized carbons (Fsp3) is 0.649. The molecule has 0 bridgehead atoms. The Morgan fingerprint density at radius 2 is 1.80 bits per heavy atom. The predicted octanol–water partition coefficient (Wildman–Crippen LogP) is 5.26. The summed E-state index contributed by atoms with van der Waals surface area (Å²) < 4.78 is 26.3. The Morgan fingerprint density at radius 3 is 2.43 bits per heavy atom. The van der Waals surface area contributed by atoms with Crippen LogP contribution in [0.1, 0.15) is 65.3 Å². The quantitative estimate of drug-likeness (QED) is 0.355. The van der Waals surface area contributed by atoms with Crippen molar-refractivity contribution in [1.29, 1.82) is 0 Å². The highest BCUT2D eigenvalue weighted by molar-refractivity contribution is 6.48. The van der Waals surface area contributed by atoms with Crippen LogP contribution in [0.3, 0.4) is 0 Å². The lowest BCUT2D eigenvalue weighted by Gasteiger charge is -2.51. The standard InChI is InChI=1S/C37H55FN5O5Si/c1-24-17-40(20-32(44)43-23-37(6,7)33-30(43)15-27(16-39-33)14-26-10-12-28(38)13-11-26)29(19-42(24)35(45)46)18-41-25(2)21-47-22-31(41)34(36(3,4)5)48-49(8)9/h10-13,15-16,24-25,29,31,34H,14,17-23H2,1-9H3,(H,45,46)/t24-,25-,29+,31-,34?/m1/s1. The van der Waals surface area contributed by atoms with E-state index in [0.29, 0.717) is 45.8 Å². The molecule has 49 heavy (non-hydrogen) atoms. The number of ether oxygens (including phenoxy) is 1. The molecule has 5 rings (SSSR count). The van der Waals surface area contributed by atoms with Gasteiger partial charge < -0.3 is 24.1 Å². The maximum Gasteiger partial charge on any atom is 0.407 e. The number of rotatable bonds is 9. The van der Waals surface area contributed by atoms with Gasteiger partial charge >= 0.3 is 6.09 Å². The molecular formula is C37H55FN5O5Si. The lowest BCUT2D eigenvalue weighted by molar-refractivity contribution is -0.125. The topological polar surface area (TPSA) is 98.7 Å². The Balaban J connectivity index is 1.41. The minimum Gasteiger partial charge on any atom is -0.465 e. The zero-order chi connectivity index (χ0) is 35.8. The zero-order valence-corrected chi connectivity index (χ0v) is 31.7. The third-order valence-electron chi connectivity index (χ3n) is 10.2. The molecule has 5 atom stereocenters. The molecule has 0 saturated carbocycles. The van der Waals surface area contributed by atoms with Gasteiger partial charge in [-0.1, -0.05) is 46.8 Å². The summed E-state index contributed by atoms with van der Waals surface area (Å²) in [5.41, 5.74) is 3.16. The van der Waals surface area contributed by atoms with Crippen LogP contribution in [0.25, 0.3) is 0 Å². The molecule has 1 aromatic heterocycles. The van der Waals surface area contributed by atoms with Gasteiger partial charge in [-0.15, -0.1) is 0 Å². The lowest BCUT2D eigenvalue weighted by atomic mass is 9.83. The fourth-order valence-corrected chi connectivity index (χ4v) is 8.74. The second-order valence-corrected chi connectivity index (χ2v) is 18.3. The Kier molecular flexibility index (Phi) is 11.2. The molecule has 0 aliphatic carbocycles. The third kappa shape index (κ3) is 8.53. The average molecular weight is 697 g/mol. The van der Waals surface area contributed by atoms with Crippen molar-refractivity contribution in [3.05, 3.63) is 59.2 Å². The minimum atomic E-state index is -1.00. The molecule has 3 aliphatic rings. The van der Waals surface area contributed by atoms with Crippen LogP contribution in [0.4, 0.5) is 14.9 Å². The Bertz CT molecular complexity index is 1480. The van der Waals surface area contributed by atoms with Gasteiger partial charge in [-0.2, -0.15) is 0 Å². The maximum atomic E-state index is 14.4. The van der Waals surface area contributed by atoms with Crippen molar-refractivity contribution in [3.8, 4) is 0 Å². The van der Waals surface area contributed by atoms with E-state index in [1.807, 2.05) is 24.1 Å². The van der Waals surface area contributed by atoms with E-state index in [1.54, 1.807) is 12.1 Å². The number of carbonyl (C=O) groups is 2. The zero-order valence-electron chi connectivity index (χ0n) is 30.7. The van der Waals surface area contributed by atoms with Crippen molar-refractivity contribution >= 4 is 26.7 Å². The summed E-state index contributed by atoms with van der Waals surface area (Å²) in [6.07, 6.45) is 1.43. The van der Waals surface area contributed by atoms with E-state index in [2.05, 4.69) is 64.4 Å². The largest absolute Gasteiger partial charge is 0.465 e. The first-order chi connectivity index (χ1) is 22.9. The maximum absolute atomic E-state index is 14.4. The summed E-state index contributed by atoms with van der Waals surface area (Å²) in [4.78, 5) is 39.6. The van der Waals surface area contributed by atoms with Gasteiger partial charge in [-0.05, 0) is 68.1 Å². The Labute approximate surface area is 293 Å². The van der Waals surface area contributed by atoms with Crippen molar-refractivity contribution in [3.63, 3.8) is 0 Å². The van der Waals surface area contributed by atoms with E-state index in [4.69, 9.17) is 14.1 Å². The second-order valence-electron chi connectivity index (χ2n) is 16.2. The molecule has 1 aromatic carbocycles. The molecule has 12 heteroatoms. The van der Waals surface area contributed by atoms with Crippen LogP contribution in [0.15, 0.2) is 36.5 Å². The van der Waals surface area contributed by atoms with E-state index in [9.17, 15) is 19.1 Å². The first kappa shape index (κ1) is 37.4. The number of aromatic nitrogens is 1. The second kappa shape index (κ2) is 14.8. The van der Waals surface area contributed by atoms with Crippen LogP contribution in [-0.4, -0.2) is 122 Å². The van der Waals surface area contributed by atoms with Crippen LogP contribution in [0, 0.1) is 11.2 Å². The normalized spacial score (nSPS) is 25.4. The molecule has 0 spiro atoms. The Hall–Kier alpha value is -2.90. The van der Waals surface area contributed by atoms with E-state index in [-0.39, 0.29) is 59.4 Å². The molecule has 2 fully saturated rings. The summed E-state index contributed by atoms with van der Waals surface area (Å²) in [5, 5.41) is 10.1. The first-order valence-electron chi connectivity index (χ1n) is 17.5. The molecule has 10 nitrogen and oxygen atoms in total. The number of carbonyl (C=O) groups excluding carboxylic acids is 1. The Morgan fingerprint density at radius 1 is 1.10 bits per heavy atom. The molecule has 269 valence electrons. The van der Waals surface area contributed by atoms with Gasteiger partial charge in [0.25, 0.3) is 0 Å². The van der Waals surface area contributed by atoms with Gasteiger partial charge in [0.05, 0.1) is 43.3 Å². The fourth-order valence-electron chi connectivity index (χ4n) is 7.72. The molecule has 1 N–H and O–H groups in total. The lowest BCUT2D eigenvalue weighted by Crippen LogP contribution is -2.67. The minimum absolute atomic E-state index is 0.00399. The van der Waals surface area contributed by atoms with Crippen molar-refractivity contribution in [1.82, 2.24) is 19.7 Å². The SMILES string of the molecule is C[C@@H]1CN(CC(=O)N2CC(C)(C)c3ncc(Cc4ccc(F)cc4)cc32)[C@@H](CN2[C@H](C)COC[C@@H]2C(O[Si](C)C)C(C)(C)C)CN1C(=O)O. The summed E-state index contributed by atoms with van der Waals surface area (Å²) in [6.45, 7) is 22.4. The molecule has 1 unspecified atom stereocenters. The van der Waals surface area contributed by atoms with E-state index < -0.39 is 15.1 Å². The average Bonchev–Trinajstić information content (AvgIpc) is 3.28. The van der Waals surface area contributed by atoms with Crippen LogP contribution in [0.2, 0.25) is 13.1 Å². The summed E-state index contributed by atoms with van der Waals surface area (Å²) in [5.74, 6) is -0.302. The highest BCUT2D eigenvalue weighted by Crippen LogP contribution is 2.40. The number of fused-ring (bicyclic) bond motifs is 1. The van der Waals surface area contributed by atoms with Crippen LogP contribution in [-0.2, 0) is 25.8 Å². The number of carboxylic acid groups (broad SMARTS) is 1. The van der Waals surface area contributed by atoms with Gasteiger partial charge in [0.1, 0.15) is 5.82 Å². The van der Waals surface area contributed by atoms with Gasteiger partial charge in [0.15, 0.2) is 0 Å². The summed E-state index contributed by atoms with van der Waals surface area (Å²) in [6, 6.07) is 8.13. The highest BCUT2D eigenvalue weighted by Gasteiger charge is 2.45. The molecule has 4 heterocycles. The number of nitrogens with zero attached hydrogens (tertiary/aromatic N) is 5. The van der Waals surface area contributed by atoms with Crippen molar-refractivity contribution in [2.45, 2.75) is 104 Å². The number of benzene rings is 1. The van der Waals surface area contributed by atoms with Gasteiger partial charge in [-0.25, -0.2) is 9.18 Å². The summed E-state index contributed by atoms with van der Waals surface area (Å²) in [7, 11) is -1.00. The van der Waals surface area contributed by atoms with Crippen LogP contribution < -0.4 is 4.90 Å². The van der Waals surface area contributed by atoms with Crippen molar-refractivity contribution in [2.75, 3.05) is 50.8 Å². The first-order valence-corrected chi connectivity index (χ1v) is 19.9. The molecule has 2 amide bonds. The third-order valence-corrected chi connectivity index (χ3v) is 10.9. The number of anilines is 1. The van der Waals surface area contributed by atoms with Gasteiger partial charge in [0.2, 0.25) is 14.9 Å². The van der Waals surface area contributed by atoms with Gasteiger partial charge in [-0.3, -0.25) is 19.6 Å². The summed E-state index contributed by atoms with van der Waals surface area (Å²) >= 11 is 0. The molecule has 2 saturated heterocycles. The predicted molar refractivity (Wildman–Crippen MR) is 191 cm³/mol. The van der Waals surface area contributed by atoms with E-state index in [1.165, 1.54) is 17.0 Å². The number of halogens is 1. The molecular weight excluding hydrogens is 642 g/mol. The van der Waals surface area contributed by atoms with E-state index in [0.717, 1.165) is 22.5 Å². The van der Waals surface area contributed by atoms with Crippen molar-refractivity contribution in [2.24, 2.45) is 5.41 Å². The van der Waals surface area contributed by atoms with Crippen LogP contribution in [0.5, 0.6) is 0 Å². The number of amides is 2. The number of piperazine rings is 1. The molecule has 2 aromatic rings. The monoisotopic (exact) mass is 696 g/mol.